The molecule has 192 valence electrons. The first kappa shape index (κ1) is 24.7. The minimum absolute atomic E-state index is 0.0604. The number of halogens is 1. The van der Waals surface area contributed by atoms with E-state index in [4.69, 9.17) is 4.52 Å². The van der Waals surface area contributed by atoms with Crippen molar-refractivity contribution in [3.05, 3.63) is 82.5 Å². The predicted octanol–water partition coefficient (Wildman–Crippen LogP) is 3.84. The fourth-order valence-electron chi connectivity index (χ4n) is 5.16. The Morgan fingerprint density at radius 1 is 1.11 bits per heavy atom. The maximum atomic E-state index is 13.3. The van der Waals surface area contributed by atoms with Crippen LogP contribution in [0.3, 0.4) is 0 Å². The van der Waals surface area contributed by atoms with E-state index in [1.807, 2.05) is 19.1 Å². The Hall–Kier alpha value is -4.01. The summed E-state index contributed by atoms with van der Waals surface area (Å²) in [5.41, 5.74) is 3.20. The van der Waals surface area contributed by atoms with E-state index >= 15 is 0 Å². The molecule has 2 aliphatic heterocycles. The van der Waals surface area contributed by atoms with Crippen LogP contribution in [0.25, 0.3) is 0 Å². The fourth-order valence-corrected chi connectivity index (χ4v) is 5.16. The summed E-state index contributed by atoms with van der Waals surface area (Å²) in [6, 6.07) is 13.2. The van der Waals surface area contributed by atoms with E-state index in [2.05, 4.69) is 10.1 Å². The SMILES string of the molecule is Cc1cc(CN(C)C(=O)C2CCN(c3cccc4c3C(=O)N(CCc3ccc(F)cc3)C4=O)CC2)on1. The highest BCUT2D eigenvalue weighted by atomic mass is 19.1. The van der Waals surface area contributed by atoms with Gasteiger partial charge in [0.05, 0.1) is 29.1 Å². The summed E-state index contributed by atoms with van der Waals surface area (Å²) < 4.78 is 18.4. The van der Waals surface area contributed by atoms with Crippen LogP contribution in [0.5, 0.6) is 0 Å². The number of amides is 3. The maximum absolute atomic E-state index is 13.3. The molecule has 5 rings (SSSR count). The Kier molecular flexibility index (Phi) is 6.78. The molecule has 3 amide bonds. The highest BCUT2D eigenvalue weighted by Crippen LogP contribution is 2.34. The third-order valence-corrected chi connectivity index (χ3v) is 7.15. The Balaban J connectivity index is 1.23. The minimum Gasteiger partial charge on any atom is -0.371 e. The van der Waals surface area contributed by atoms with Gasteiger partial charge in [-0.15, -0.1) is 0 Å². The van der Waals surface area contributed by atoms with Crippen LogP contribution in [-0.4, -0.2) is 59.4 Å². The molecule has 2 aromatic carbocycles. The van der Waals surface area contributed by atoms with Crippen LogP contribution in [-0.2, 0) is 17.8 Å². The first-order valence-electron chi connectivity index (χ1n) is 12.5. The second kappa shape index (κ2) is 10.2. The van der Waals surface area contributed by atoms with Gasteiger partial charge in [0.15, 0.2) is 5.76 Å². The van der Waals surface area contributed by atoms with E-state index < -0.39 is 0 Å². The van der Waals surface area contributed by atoms with Crippen LogP contribution in [0.4, 0.5) is 10.1 Å². The number of piperidine rings is 1. The zero-order chi connectivity index (χ0) is 26.1. The van der Waals surface area contributed by atoms with Gasteiger partial charge in [-0.3, -0.25) is 19.3 Å². The molecule has 1 saturated heterocycles. The second-order valence-corrected chi connectivity index (χ2v) is 9.73. The highest BCUT2D eigenvalue weighted by molar-refractivity contribution is 6.23. The molecular weight excluding hydrogens is 475 g/mol. The molecular formula is C28H29FN4O4. The number of benzene rings is 2. The number of rotatable bonds is 7. The van der Waals surface area contributed by atoms with E-state index in [1.54, 1.807) is 36.2 Å². The summed E-state index contributed by atoms with van der Waals surface area (Å²) in [7, 11) is 1.77. The smallest absolute Gasteiger partial charge is 0.263 e. The van der Waals surface area contributed by atoms with Crippen LogP contribution in [0.15, 0.2) is 53.1 Å². The molecule has 9 heteroatoms. The van der Waals surface area contributed by atoms with Gasteiger partial charge in [-0.25, -0.2) is 4.39 Å². The maximum Gasteiger partial charge on any atom is 0.263 e. The number of carbonyl (C=O) groups excluding carboxylic acids is 3. The predicted molar refractivity (Wildman–Crippen MR) is 135 cm³/mol. The quantitative estimate of drug-likeness (QED) is 0.455. The van der Waals surface area contributed by atoms with Gasteiger partial charge in [0, 0.05) is 38.7 Å². The molecule has 0 unspecified atom stereocenters. The average Bonchev–Trinajstić information content (AvgIpc) is 3.43. The van der Waals surface area contributed by atoms with E-state index in [9.17, 15) is 18.8 Å². The van der Waals surface area contributed by atoms with Crippen molar-refractivity contribution < 1.29 is 23.3 Å². The van der Waals surface area contributed by atoms with Crippen LogP contribution >= 0.6 is 0 Å². The van der Waals surface area contributed by atoms with Crippen molar-refractivity contribution in [1.29, 1.82) is 0 Å². The van der Waals surface area contributed by atoms with Crippen molar-refractivity contribution in [2.24, 2.45) is 5.92 Å². The van der Waals surface area contributed by atoms with Gasteiger partial charge in [-0.1, -0.05) is 23.4 Å². The number of anilines is 1. The Morgan fingerprint density at radius 2 is 1.84 bits per heavy atom. The lowest BCUT2D eigenvalue weighted by atomic mass is 9.94. The van der Waals surface area contributed by atoms with Crippen molar-refractivity contribution in [1.82, 2.24) is 15.0 Å². The summed E-state index contributed by atoms with van der Waals surface area (Å²) in [6.07, 6.45) is 1.76. The molecule has 37 heavy (non-hydrogen) atoms. The molecule has 3 heterocycles. The molecule has 1 fully saturated rings. The number of hydrogen-bond acceptors (Lipinski definition) is 6. The molecule has 0 atom stereocenters. The average molecular weight is 505 g/mol. The molecule has 3 aromatic rings. The summed E-state index contributed by atoms with van der Waals surface area (Å²) >= 11 is 0. The largest absolute Gasteiger partial charge is 0.371 e. The number of aromatic nitrogens is 1. The molecule has 0 spiro atoms. The lowest BCUT2D eigenvalue weighted by Gasteiger charge is -2.35. The van der Waals surface area contributed by atoms with E-state index in [0.29, 0.717) is 55.8 Å². The van der Waals surface area contributed by atoms with Crippen molar-refractivity contribution in [2.75, 3.05) is 31.6 Å². The second-order valence-electron chi connectivity index (χ2n) is 9.73. The third kappa shape index (κ3) is 4.98. The third-order valence-electron chi connectivity index (χ3n) is 7.15. The number of hydrogen-bond donors (Lipinski definition) is 0. The lowest BCUT2D eigenvalue weighted by Crippen LogP contribution is -2.41. The van der Waals surface area contributed by atoms with E-state index in [0.717, 1.165) is 16.9 Å². The summed E-state index contributed by atoms with van der Waals surface area (Å²) in [4.78, 5) is 44.4. The minimum atomic E-state index is -0.323. The standard InChI is InChI=1S/C28H29FN4O4/c1-18-16-22(37-30-18)17-31(2)26(34)20-11-13-32(14-12-20)24-5-3-4-23-25(24)28(36)33(27(23)35)15-10-19-6-8-21(29)9-7-19/h3-9,16,20H,10-15,17H2,1-2H3. The van der Waals surface area contributed by atoms with E-state index in [-0.39, 0.29) is 36.0 Å². The van der Waals surface area contributed by atoms with Gasteiger partial charge < -0.3 is 14.3 Å². The fraction of sp³-hybridized carbons (Fsp3) is 0.357. The molecule has 0 bridgehead atoms. The number of fused-ring (bicyclic) bond motifs is 1. The number of carbonyl (C=O) groups is 3. The van der Waals surface area contributed by atoms with Crippen molar-refractivity contribution in [3.8, 4) is 0 Å². The van der Waals surface area contributed by atoms with E-state index in [1.165, 1.54) is 17.0 Å². The zero-order valence-corrected chi connectivity index (χ0v) is 20.9. The normalized spacial score (nSPS) is 15.9. The number of nitrogens with zero attached hydrogens (tertiary/aromatic N) is 4. The molecule has 0 saturated carbocycles. The number of aryl methyl sites for hydroxylation is 1. The summed E-state index contributed by atoms with van der Waals surface area (Å²) in [6.45, 7) is 3.66. The van der Waals surface area contributed by atoms with Crippen molar-refractivity contribution >= 4 is 23.4 Å². The van der Waals surface area contributed by atoms with Gasteiger partial charge >= 0.3 is 0 Å². The van der Waals surface area contributed by atoms with Crippen LogP contribution < -0.4 is 4.90 Å². The summed E-state index contributed by atoms with van der Waals surface area (Å²) in [5.74, 6) is -0.345. The van der Waals surface area contributed by atoms with Gasteiger partial charge in [0.2, 0.25) is 5.91 Å². The molecule has 0 radical (unpaired) electrons. The Bertz CT molecular complexity index is 1330. The topological polar surface area (TPSA) is 87.0 Å². The van der Waals surface area contributed by atoms with Crippen LogP contribution in [0, 0.1) is 18.7 Å². The first-order chi connectivity index (χ1) is 17.8. The van der Waals surface area contributed by atoms with Gasteiger partial charge in [-0.05, 0) is 56.0 Å². The Labute approximate surface area is 214 Å². The molecule has 0 aliphatic carbocycles. The van der Waals surface area contributed by atoms with Crippen LogP contribution in [0.1, 0.15) is 50.6 Å². The van der Waals surface area contributed by atoms with Crippen LogP contribution in [0.2, 0.25) is 0 Å². The summed E-state index contributed by atoms with van der Waals surface area (Å²) in [5, 5.41) is 3.87. The number of imide groups is 1. The molecule has 2 aliphatic rings. The first-order valence-corrected chi connectivity index (χ1v) is 12.5. The molecule has 8 nitrogen and oxygen atoms in total. The zero-order valence-electron chi connectivity index (χ0n) is 20.9. The Morgan fingerprint density at radius 3 is 2.51 bits per heavy atom. The van der Waals surface area contributed by atoms with Gasteiger partial charge in [0.25, 0.3) is 11.8 Å². The van der Waals surface area contributed by atoms with Gasteiger partial charge in [-0.2, -0.15) is 0 Å². The monoisotopic (exact) mass is 504 g/mol. The lowest BCUT2D eigenvalue weighted by molar-refractivity contribution is -0.135. The van der Waals surface area contributed by atoms with Crippen molar-refractivity contribution in [2.45, 2.75) is 32.7 Å². The highest BCUT2D eigenvalue weighted by Gasteiger charge is 2.39. The molecule has 1 aromatic heterocycles. The van der Waals surface area contributed by atoms with Crippen molar-refractivity contribution in [3.63, 3.8) is 0 Å². The van der Waals surface area contributed by atoms with Gasteiger partial charge in [0.1, 0.15) is 5.82 Å². The molecule has 0 N–H and O–H groups in total.